The number of aromatic nitrogens is 2. The Morgan fingerprint density at radius 3 is 2.07 bits per heavy atom. The molecule has 3 rings (SSSR count). The zero-order valence-corrected chi connectivity index (χ0v) is 16.3. The fourth-order valence-corrected chi connectivity index (χ4v) is 3.32. The van der Waals surface area contributed by atoms with Crippen molar-refractivity contribution in [3.8, 4) is 28.5 Å². The molecule has 0 aliphatic carbocycles. The number of rotatable bonds is 7. The van der Waals surface area contributed by atoms with E-state index in [1.54, 1.807) is 39.5 Å². The topological polar surface area (TPSA) is 53.5 Å². The van der Waals surface area contributed by atoms with Crippen molar-refractivity contribution in [2.45, 2.75) is 10.8 Å². The molecular weight excluding hydrogens is 386 g/mol. The van der Waals surface area contributed by atoms with E-state index < -0.39 is 11.6 Å². The van der Waals surface area contributed by atoms with Crippen LogP contribution in [0.1, 0.15) is 5.56 Å². The first kappa shape index (κ1) is 19.9. The number of thioether (sulfide) groups is 1. The number of nitrogens with zero attached hydrogens (tertiary/aromatic N) is 2. The van der Waals surface area contributed by atoms with Gasteiger partial charge in [-0.25, -0.2) is 8.78 Å². The molecule has 2 aromatic carbocycles. The van der Waals surface area contributed by atoms with Gasteiger partial charge in [-0.05, 0) is 42.0 Å². The molecule has 0 saturated heterocycles. The van der Waals surface area contributed by atoms with Crippen LogP contribution in [0.25, 0.3) is 11.3 Å². The Morgan fingerprint density at radius 1 is 0.821 bits per heavy atom. The van der Waals surface area contributed by atoms with Gasteiger partial charge in [0.1, 0.15) is 5.03 Å². The highest BCUT2D eigenvalue weighted by Crippen LogP contribution is 2.40. The molecule has 3 aromatic rings. The van der Waals surface area contributed by atoms with Gasteiger partial charge in [0.15, 0.2) is 23.1 Å². The SMILES string of the molecule is COc1cc(-c2ccc(SCc3ccc(F)c(F)c3)nn2)cc(OC)c1OC. The predicted molar refractivity (Wildman–Crippen MR) is 103 cm³/mol. The fourth-order valence-electron chi connectivity index (χ4n) is 2.57. The third-order valence-corrected chi connectivity index (χ3v) is 4.96. The minimum atomic E-state index is -0.859. The Hall–Kier alpha value is -2.87. The molecule has 0 fully saturated rings. The van der Waals surface area contributed by atoms with Gasteiger partial charge in [-0.15, -0.1) is 10.2 Å². The van der Waals surface area contributed by atoms with Crippen LogP contribution in [-0.2, 0) is 5.75 Å². The number of hydrogen-bond acceptors (Lipinski definition) is 6. The van der Waals surface area contributed by atoms with Crippen molar-refractivity contribution in [2.24, 2.45) is 0 Å². The largest absolute Gasteiger partial charge is 0.493 e. The number of ether oxygens (including phenoxy) is 3. The molecule has 0 N–H and O–H groups in total. The molecule has 1 aromatic heterocycles. The lowest BCUT2D eigenvalue weighted by atomic mass is 10.1. The predicted octanol–water partition coefficient (Wildman–Crippen LogP) is 4.74. The van der Waals surface area contributed by atoms with E-state index in [-0.39, 0.29) is 0 Å². The summed E-state index contributed by atoms with van der Waals surface area (Å²) in [5.41, 5.74) is 2.06. The standard InChI is InChI=1S/C20H18F2N2O3S/c1-25-17-9-13(10-18(26-2)20(17)27-3)16-6-7-19(24-23-16)28-11-12-4-5-14(21)15(22)8-12/h4-10H,11H2,1-3H3. The minimum absolute atomic E-state index is 0.454. The summed E-state index contributed by atoms with van der Waals surface area (Å²) >= 11 is 1.38. The minimum Gasteiger partial charge on any atom is -0.493 e. The highest BCUT2D eigenvalue weighted by atomic mass is 32.2. The fraction of sp³-hybridized carbons (Fsp3) is 0.200. The van der Waals surface area contributed by atoms with Crippen molar-refractivity contribution in [3.63, 3.8) is 0 Å². The monoisotopic (exact) mass is 404 g/mol. The van der Waals surface area contributed by atoms with Crippen LogP contribution in [0.5, 0.6) is 17.2 Å². The summed E-state index contributed by atoms with van der Waals surface area (Å²) in [5.74, 6) is 0.284. The maximum Gasteiger partial charge on any atom is 0.203 e. The second kappa shape index (κ2) is 8.88. The molecule has 0 spiro atoms. The lowest BCUT2D eigenvalue weighted by Crippen LogP contribution is -1.97. The van der Waals surface area contributed by atoms with E-state index in [4.69, 9.17) is 14.2 Å². The van der Waals surface area contributed by atoms with Gasteiger partial charge >= 0.3 is 0 Å². The highest BCUT2D eigenvalue weighted by molar-refractivity contribution is 7.98. The normalized spacial score (nSPS) is 10.6. The highest BCUT2D eigenvalue weighted by Gasteiger charge is 2.15. The smallest absolute Gasteiger partial charge is 0.203 e. The molecule has 0 radical (unpaired) electrons. The molecule has 0 bridgehead atoms. The van der Waals surface area contributed by atoms with Crippen LogP contribution in [0.4, 0.5) is 8.78 Å². The van der Waals surface area contributed by atoms with Crippen LogP contribution in [0.15, 0.2) is 47.5 Å². The summed E-state index contributed by atoms with van der Waals surface area (Å²) in [5, 5.41) is 9.11. The second-order valence-corrected chi connectivity index (χ2v) is 6.70. The van der Waals surface area contributed by atoms with E-state index >= 15 is 0 Å². The molecule has 0 atom stereocenters. The molecule has 5 nitrogen and oxygen atoms in total. The van der Waals surface area contributed by atoms with Gasteiger partial charge in [0, 0.05) is 11.3 Å². The summed E-state index contributed by atoms with van der Waals surface area (Å²) in [4.78, 5) is 0. The van der Waals surface area contributed by atoms with E-state index in [1.165, 1.54) is 17.8 Å². The molecule has 0 saturated carbocycles. The summed E-state index contributed by atoms with van der Waals surface area (Å²) in [7, 11) is 4.63. The van der Waals surface area contributed by atoms with Crippen molar-refractivity contribution in [3.05, 3.63) is 59.7 Å². The molecule has 28 heavy (non-hydrogen) atoms. The lowest BCUT2D eigenvalue weighted by Gasteiger charge is -2.13. The first-order valence-corrected chi connectivity index (χ1v) is 9.25. The van der Waals surface area contributed by atoms with Crippen LogP contribution in [0.2, 0.25) is 0 Å². The van der Waals surface area contributed by atoms with E-state index in [2.05, 4.69) is 10.2 Å². The van der Waals surface area contributed by atoms with E-state index in [0.717, 1.165) is 11.6 Å². The molecule has 146 valence electrons. The van der Waals surface area contributed by atoms with Crippen LogP contribution in [0, 0.1) is 11.6 Å². The van der Waals surface area contributed by atoms with Crippen molar-refractivity contribution in [2.75, 3.05) is 21.3 Å². The van der Waals surface area contributed by atoms with Crippen LogP contribution in [-0.4, -0.2) is 31.5 Å². The van der Waals surface area contributed by atoms with Gasteiger partial charge in [0.25, 0.3) is 0 Å². The molecule has 0 unspecified atom stereocenters. The third kappa shape index (κ3) is 4.33. The van der Waals surface area contributed by atoms with Crippen molar-refractivity contribution < 1.29 is 23.0 Å². The van der Waals surface area contributed by atoms with E-state index in [1.807, 2.05) is 12.1 Å². The van der Waals surface area contributed by atoms with Crippen LogP contribution < -0.4 is 14.2 Å². The maximum atomic E-state index is 13.3. The maximum absolute atomic E-state index is 13.3. The molecule has 0 amide bonds. The van der Waals surface area contributed by atoms with E-state index in [0.29, 0.717) is 39.3 Å². The third-order valence-electron chi connectivity index (χ3n) is 3.97. The van der Waals surface area contributed by atoms with Gasteiger partial charge in [-0.2, -0.15) is 0 Å². The quantitative estimate of drug-likeness (QED) is 0.530. The van der Waals surface area contributed by atoms with E-state index in [9.17, 15) is 8.78 Å². The van der Waals surface area contributed by atoms with Crippen LogP contribution in [0.3, 0.4) is 0 Å². The average molecular weight is 404 g/mol. The molecule has 8 heteroatoms. The van der Waals surface area contributed by atoms with Gasteiger partial charge in [0.05, 0.1) is 27.0 Å². The Balaban J connectivity index is 1.77. The van der Waals surface area contributed by atoms with Crippen molar-refractivity contribution >= 4 is 11.8 Å². The molecule has 0 aliphatic rings. The summed E-state index contributed by atoms with van der Waals surface area (Å²) in [6.07, 6.45) is 0. The number of hydrogen-bond donors (Lipinski definition) is 0. The Bertz CT molecular complexity index is 943. The molecule has 1 heterocycles. The lowest BCUT2D eigenvalue weighted by molar-refractivity contribution is 0.324. The number of benzene rings is 2. The second-order valence-electron chi connectivity index (χ2n) is 5.71. The zero-order valence-electron chi connectivity index (χ0n) is 15.5. The van der Waals surface area contributed by atoms with Gasteiger partial charge in [0.2, 0.25) is 5.75 Å². The summed E-state index contributed by atoms with van der Waals surface area (Å²) in [6, 6.07) is 11.1. The number of methoxy groups -OCH3 is 3. The zero-order chi connectivity index (χ0) is 20.1. The van der Waals surface area contributed by atoms with Gasteiger partial charge in [-0.3, -0.25) is 0 Å². The van der Waals surface area contributed by atoms with Gasteiger partial charge in [-0.1, -0.05) is 17.8 Å². The molecular formula is C20H18F2N2O3S. The Morgan fingerprint density at radius 2 is 1.54 bits per heavy atom. The molecule has 0 aliphatic heterocycles. The first-order chi connectivity index (χ1) is 13.5. The van der Waals surface area contributed by atoms with Crippen molar-refractivity contribution in [1.82, 2.24) is 10.2 Å². The Kier molecular flexibility index (Phi) is 6.30. The first-order valence-electron chi connectivity index (χ1n) is 8.26. The average Bonchev–Trinajstić information content (AvgIpc) is 2.73. The van der Waals surface area contributed by atoms with Crippen molar-refractivity contribution in [1.29, 1.82) is 0 Å². The number of halogens is 2. The summed E-state index contributed by atoms with van der Waals surface area (Å²) in [6.45, 7) is 0. The Labute approximate surface area is 165 Å². The van der Waals surface area contributed by atoms with Gasteiger partial charge < -0.3 is 14.2 Å². The van der Waals surface area contributed by atoms with Crippen LogP contribution >= 0.6 is 11.8 Å². The summed E-state index contributed by atoms with van der Waals surface area (Å²) < 4.78 is 42.3.